The number of rotatable bonds is 4. The number of ether oxygens (including phenoxy) is 1. The number of nitrogens with two attached hydrogens (primary N) is 1. The Bertz CT molecular complexity index is 1210. The maximum absolute atomic E-state index is 12.5. The molecular formula is C23H22N6O2. The fourth-order valence-corrected chi connectivity index (χ4v) is 3.93. The first-order valence-electron chi connectivity index (χ1n) is 10.2. The van der Waals surface area contributed by atoms with E-state index >= 15 is 0 Å². The lowest BCUT2D eigenvalue weighted by Gasteiger charge is -2.20. The fraction of sp³-hybridized carbons (Fsp3) is 0.217. The first-order valence-corrected chi connectivity index (χ1v) is 10.2. The second kappa shape index (κ2) is 8.16. The highest BCUT2D eigenvalue weighted by molar-refractivity contribution is 6.04. The van der Waals surface area contributed by atoms with Crippen LogP contribution in [0.25, 0.3) is 16.8 Å². The second-order valence-corrected chi connectivity index (χ2v) is 7.51. The normalized spacial score (nSPS) is 16.3. The Balaban J connectivity index is 1.48. The second-order valence-electron chi connectivity index (χ2n) is 7.51. The molecule has 1 saturated heterocycles. The van der Waals surface area contributed by atoms with Crippen molar-refractivity contribution < 1.29 is 9.53 Å². The van der Waals surface area contributed by atoms with Crippen molar-refractivity contribution in [3.8, 4) is 11.3 Å². The summed E-state index contributed by atoms with van der Waals surface area (Å²) >= 11 is 0. The highest BCUT2D eigenvalue weighted by Gasteiger charge is 2.24. The minimum absolute atomic E-state index is 0.209. The molecular weight excluding hydrogens is 392 g/mol. The maximum atomic E-state index is 12.5. The predicted molar refractivity (Wildman–Crippen MR) is 118 cm³/mol. The highest BCUT2D eigenvalue weighted by atomic mass is 16.5. The summed E-state index contributed by atoms with van der Waals surface area (Å²) < 4.78 is 7.68. The Morgan fingerprint density at radius 2 is 2.00 bits per heavy atom. The van der Waals surface area contributed by atoms with Crippen molar-refractivity contribution in [2.24, 2.45) is 0 Å². The number of carbonyl (C=O) groups is 1. The number of carbonyl (C=O) groups excluding carboxylic acids is 1. The van der Waals surface area contributed by atoms with Crippen molar-refractivity contribution in [3.05, 3.63) is 72.4 Å². The molecule has 0 saturated carbocycles. The number of benzene rings is 1. The SMILES string of the molecule is Nc1nccn2c([C@H]3CCCOC3)nc(-c3ccc(C(=O)Nc4ccccn4)cc3)c12. The summed E-state index contributed by atoms with van der Waals surface area (Å²) in [7, 11) is 0. The van der Waals surface area contributed by atoms with Crippen molar-refractivity contribution in [2.75, 3.05) is 24.3 Å². The van der Waals surface area contributed by atoms with Crippen LogP contribution in [0, 0.1) is 0 Å². The molecule has 8 nitrogen and oxygen atoms in total. The number of pyridine rings is 1. The standard InChI is InChI=1S/C23H22N6O2/c24-21-20-19(28-22(29(20)12-11-26-21)17-4-3-13-31-14-17)15-6-8-16(9-7-15)23(30)27-18-5-1-2-10-25-18/h1-2,5-12,17H,3-4,13-14H2,(H2,24,26)(H,25,27,30)/t17-/m0/s1. The van der Waals surface area contributed by atoms with E-state index in [1.54, 1.807) is 36.7 Å². The molecule has 8 heteroatoms. The zero-order chi connectivity index (χ0) is 21.2. The molecule has 4 aromatic rings. The number of anilines is 2. The summed E-state index contributed by atoms with van der Waals surface area (Å²) in [4.78, 5) is 25.8. The van der Waals surface area contributed by atoms with Crippen LogP contribution < -0.4 is 11.1 Å². The van der Waals surface area contributed by atoms with Crippen molar-refractivity contribution in [3.63, 3.8) is 0 Å². The van der Waals surface area contributed by atoms with E-state index in [0.717, 1.165) is 42.0 Å². The van der Waals surface area contributed by atoms with Gasteiger partial charge in [0.1, 0.15) is 28.7 Å². The third-order valence-electron chi connectivity index (χ3n) is 5.46. The van der Waals surface area contributed by atoms with E-state index in [9.17, 15) is 4.79 Å². The Morgan fingerprint density at radius 3 is 2.74 bits per heavy atom. The number of fused-ring (bicyclic) bond motifs is 1. The summed E-state index contributed by atoms with van der Waals surface area (Å²) in [5.41, 5.74) is 9.15. The van der Waals surface area contributed by atoms with E-state index in [0.29, 0.717) is 23.8 Å². The average molecular weight is 414 g/mol. The summed E-state index contributed by atoms with van der Waals surface area (Å²) in [6, 6.07) is 12.7. The van der Waals surface area contributed by atoms with E-state index in [1.165, 1.54) is 0 Å². The third-order valence-corrected chi connectivity index (χ3v) is 5.46. The number of imidazole rings is 1. The smallest absolute Gasteiger partial charge is 0.256 e. The summed E-state index contributed by atoms with van der Waals surface area (Å²) in [5.74, 6) is 1.84. The van der Waals surface area contributed by atoms with Crippen LogP contribution in [-0.2, 0) is 4.74 Å². The fourth-order valence-electron chi connectivity index (χ4n) is 3.93. The summed E-state index contributed by atoms with van der Waals surface area (Å²) in [6.07, 6.45) is 7.24. The van der Waals surface area contributed by atoms with Gasteiger partial charge in [-0.25, -0.2) is 15.0 Å². The summed E-state index contributed by atoms with van der Waals surface area (Å²) in [5, 5.41) is 2.79. The number of aromatic nitrogens is 4. The molecule has 31 heavy (non-hydrogen) atoms. The number of amides is 1. The molecule has 0 aliphatic carbocycles. The Hall–Kier alpha value is -3.78. The predicted octanol–water partition coefficient (Wildman–Crippen LogP) is 3.52. The largest absolute Gasteiger partial charge is 0.382 e. The van der Waals surface area contributed by atoms with Crippen LogP contribution >= 0.6 is 0 Å². The molecule has 3 N–H and O–H groups in total. The van der Waals surface area contributed by atoms with E-state index in [-0.39, 0.29) is 11.8 Å². The Labute approximate surface area is 179 Å². The van der Waals surface area contributed by atoms with Gasteiger partial charge in [-0.15, -0.1) is 0 Å². The molecule has 156 valence electrons. The quantitative estimate of drug-likeness (QED) is 0.529. The van der Waals surface area contributed by atoms with Crippen LogP contribution in [0.3, 0.4) is 0 Å². The van der Waals surface area contributed by atoms with Gasteiger partial charge in [-0.3, -0.25) is 9.20 Å². The number of hydrogen-bond donors (Lipinski definition) is 2. The molecule has 1 aliphatic heterocycles. The van der Waals surface area contributed by atoms with Crippen molar-refractivity contribution in [1.82, 2.24) is 19.4 Å². The molecule has 3 aromatic heterocycles. The van der Waals surface area contributed by atoms with Crippen LogP contribution in [0.5, 0.6) is 0 Å². The Morgan fingerprint density at radius 1 is 1.13 bits per heavy atom. The van der Waals surface area contributed by atoms with E-state index in [2.05, 4.69) is 15.3 Å². The molecule has 0 bridgehead atoms. The van der Waals surface area contributed by atoms with Crippen molar-refractivity contribution >= 4 is 23.1 Å². The van der Waals surface area contributed by atoms with Crippen LogP contribution in [0.4, 0.5) is 11.6 Å². The van der Waals surface area contributed by atoms with Crippen molar-refractivity contribution in [2.45, 2.75) is 18.8 Å². The number of hydrogen-bond acceptors (Lipinski definition) is 6. The van der Waals surface area contributed by atoms with Gasteiger partial charge in [-0.1, -0.05) is 18.2 Å². The van der Waals surface area contributed by atoms with Crippen molar-refractivity contribution in [1.29, 1.82) is 0 Å². The molecule has 4 heterocycles. The van der Waals surface area contributed by atoms with Gasteiger partial charge < -0.3 is 15.8 Å². The zero-order valence-electron chi connectivity index (χ0n) is 16.9. The van der Waals surface area contributed by atoms with Crippen LogP contribution in [-0.4, -0.2) is 38.5 Å². The molecule has 1 aliphatic rings. The first kappa shape index (κ1) is 19.2. The van der Waals surface area contributed by atoms with Crippen LogP contribution in [0.15, 0.2) is 61.1 Å². The minimum atomic E-state index is -0.221. The molecule has 1 aromatic carbocycles. The number of nitrogen functional groups attached to an aromatic ring is 1. The third kappa shape index (κ3) is 3.73. The summed E-state index contributed by atoms with van der Waals surface area (Å²) in [6.45, 7) is 1.44. The molecule has 1 atom stereocenters. The highest BCUT2D eigenvalue weighted by Crippen LogP contribution is 2.33. The maximum Gasteiger partial charge on any atom is 0.256 e. The zero-order valence-corrected chi connectivity index (χ0v) is 16.9. The van der Waals surface area contributed by atoms with Gasteiger partial charge in [0, 0.05) is 42.2 Å². The lowest BCUT2D eigenvalue weighted by Crippen LogP contribution is -2.17. The number of nitrogens with zero attached hydrogens (tertiary/aromatic N) is 4. The van der Waals surface area contributed by atoms with Gasteiger partial charge in [0.15, 0.2) is 0 Å². The topological polar surface area (TPSA) is 107 Å². The van der Waals surface area contributed by atoms with Crippen LogP contribution in [0.2, 0.25) is 0 Å². The first-order chi connectivity index (χ1) is 15.2. The van der Waals surface area contributed by atoms with Crippen LogP contribution in [0.1, 0.15) is 34.9 Å². The van der Waals surface area contributed by atoms with Gasteiger partial charge in [0.25, 0.3) is 5.91 Å². The Kier molecular flexibility index (Phi) is 5.05. The van der Waals surface area contributed by atoms with Gasteiger partial charge in [0.2, 0.25) is 0 Å². The minimum Gasteiger partial charge on any atom is -0.382 e. The molecule has 1 amide bonds. The van der Waals surface area contributed by atoms with Gasteiger partial charge in [-0.05, 0) is 37.1 Å². The lowest BCUT2D eigenvalue weighted by atomic mass is 10.0. The molecule has 0 radical (unpaired) electrons. The molecule has 1 fully saturated rings. The monoisotopic (exact) mass is 414 g/mol. The molecule has 0 spiro atoms. The van der Waals surface area contributed by atoms with Gasteiger partial charge >= 0.3 is 0 Å². The van der Waals surface area contributed by atoms with E-state index in [1.807, 2.05) is 28.8 Å². The van der Waals surface area contributed by atoms with Gasteiger partial charge in [-0.2, -0.15) is 0 Å². The number of nitrogens with one attached hydrogen (secondary N) is 1. The molecule has 5 rings (SSSR count). The lowest BCUT2D eigenvalue weighted by molar-refractivity contribution is 0.0779. The van der Waals surface area contributed by atoms with E-state index < -0.39 is 0 Å². The van der Waals surface area contributed by atoms with Gasteiger partial charge in [0.05, 0.1) is 6.61 Å². The average Bonchev–Trinajstić information content (AvgIpc) is 3.21. The van der Waals surface area contributed by atoms with E-state index in [4.69, 9.17) is 15.5 Å². The molecule has 0 unspecified atom stereocenters.